The third-order valence-corrected chi connectivity index (χ3v) is 5.92. The Kier molecular flexibility index (Phi) is 8.22. The molecule has 1 amide bonds. The van der Waals surface area contributed by atoms with E-state index >= 15 is 0 Å². The largest absolute Gasteiger partial charge is 0.340 e. The minimum Gasteiger partial charge on any atom is -0.340 e. The van der Waals surface area contributed by atoms with Crippen LogP contribution < -0.4 is 5.32 Å². The van der Waals surface area contributed by atoms with Crippen molar-refractivity contribution >= 4 is 30.7 Å². The molecule has 2 aromatic carbocycles. The zero-order chi connectivity index (χ0) is 19.7. The highest BCUT2D eigenvalue weighted by Gasteiger charge is 2.50. The van der Waals surface area contributed by atoms with Gasteiger partial charge >= 0.3 is 0 Å². The van der Waals surface area contributed by atoms with Crippen molar-refractivity contribution in [3.8, 4) is 0 Å². The number of aryl methyl sites for hydroxylation is 1. The molecule has 0 radical (unpaired) electrons. The van der Waals surface area contributed by atoms with Gasteiger partial charge in [0.15, 0.2) is 0 Å². The third-order valence-electron chi connectivity index (χ3n) is 5.92. The van der Waals surface area contributed by atoms with E-state index < -0.39 is 17.2 Å². The lowest BCUT2D eigenvalue weighted by atomic mass is 9.87. The molecule has 0 spiro atoms. The summed E-state index contributed by atoms with van der Waals surface area (Å²) in [6.07, 6.45) is 1.58. The quantitative estimate of drug-likeness (QED) is 0.762. The van der Waals surface area contributed by atoms with E-state index in [0.29, 0.717) is 5.56 Å². The molecule has 4 rings (SSSR count). The van der Waals surface area contributed by atoms with Crippen molar-refractivity contribution in [1.82, 2.24) is 15.1 Å². The summed E-state index contributed by atoms with van der Waals surface area (Å²) in [5, 5.41) is 3.35. The molecule has 0 bridgehead atoms. The van der Waals surface area contributed by atoms with Crippen molar-refractivity contribution in [3.63, 3.8) is 0 Å². The number of nitrogens with one attached hydrogen (secondary N) is 1. The first-order valence-electron chi connectivity index (χ1n) is 9.75. The van der Waals surface area contributed by atoms with Gasteiger partial charge in [0, 0.05) is 45.8 Å². The maximum absolute atomic E-state index is 13.8. The van der Waals surface area contributed by atoms with E-state index in [0.717, 1.165) is 50.7 Å². The number of amides is 1. The molecule has 164 valence electrons. The predicted molar refractivity (Wildman–Crippen MR) is 118 cm³/mol. The van der Waals surface area contributed by atoms with Crippen molar-refractivity contribution in [2.45, 2.75) is 24.9 Å². The standard InChI is InChI=1S/C22H25F2N3O.2ClH/c1-26(15-16-12-18(23)14-19(24)13-16)21(28)22(27-10-8-25-9-11-27)7-6-17-4-2-3-5-20(17)22;;/h2-5,12-14,25H,6-11,15H2,1H3;2*1H/t22-;;/m1../s1. The van der Waals surface area contributed by atoms with Crippen molar-refractivity contribution in [2.75, 3.05) is 33.2 Å². The van der Waals surface area contributed by atoms with E-state index in [4.69, 9.17) is 0 Å². The second kappa shape index (κ2) is 10.1. The zero-order valence-corrected chi connectivity index (χ0v) is 18.5. The van der Waals surface area contributed by atoms with Crippen molar-refractivity contribution in [2.24, 2.45) is 0 Å². The number of piperazine rings is 1. The smallest absolute Gasteiger partial charge is 0.247 e. The number of fused-ring (bicyclic) bond motifs is 1. The number of hydrogen-bond donors (Lipinski definition) is 1. The molecule has 1 aliphatic carbocycles. The van der Waals surface area contributed by atoms with Crippen LogP contribution >= 0.6 is 24.8 Å². The molecule has 2 aromatic rings. The van der Waals surface area contributed by atoms with E-state index in [1.807, 2.05) is 12.1 Å². The van der Waals surface area contributed by atoms with E-state index in [2.05, 4.69) is 22.3 Å². The average molecular weight is 458 g/mol. The molecule has 30 heavy (non-hydrogen) atoms. The second-order valence-corrected chi connectivity index (χ2v) is 7.69. The summed E-state index contributed by atoms with van der Waals surface area (Å²) in [7, 11) is 1.72. The highest BCUT2D eigenvalue weighted by Crippen LogP contribution is 2.43. The SMILES string of the molecule is CN(Cc1cc(F)cc(F)c1)C(=O)[C@@]1(N2CCNCC2)CCc2ccccc21.Cl.Cl. The molecule has 1 aliphatic heterocycles. The van der Waals surface area contributed by atoms with Gasteiger partial charge in [0.25, 0.3) is 0 Å². The number of nitrogens with zero attached hydrogens (tertiary/aromatic N) is 2. The molecule has 1 saturated heterocycles. The molecule has 0 unspecified atom stereocenters. The first kappa shape index (κ1) is 24.5. The van der Waals surface area contributed by atoms with Crippen molar-refractivity contribution in [3.05, 3.63) is 70.8 Å². The number of rotatable bonds is 4. The maximum Gasteiger partial charge on any atom is 0.247 e. The van der Waals surface area contributed by atoms with Crippen LogP contribution in [0.1, 0.15) is 23.1 Å². The van der Waals surface area contributed by atoms with Crippen LogP contribution in [0.5, 0.6) is 0 Å². The van der Waals surface area contributed by atoms with Gasteiger partial charge in [-0.3, -0.25) is 9.69 Å². The van der Waals surface area contributed by atoms with Crippen LogP contribution in [0.2, 0.25) is 0 Å². The molecular weight excluding hydrogens is 431 g/mol. The monoisotopic (exact) mass is 457 g/mol. The zero-order valence-electron chi connectivity index (χ0n) is 16.9. The van der Waals surface area contributed by atoms with E-state index in [-0.39, 0.29) is 37.3 Å². The van der Waals surface area contributed by atoms with E-state index in [1.54, 1.807) is 11.9 Å². The summed E-state index contributed by atoms with van der Waals surface area (Å²) in [6.45, 7) is 3.45. The molecule has 1 heterocycles. The minimum absolute atomic E-state index is 0. The summed E-state index contributed by atoms with van der Waals surface area (Å²) in [4.78, 5) is 17.7. The van der Waals surface area contributed by atoms with Gasteiger partial charge in [0.2, 0.25) is 5.91 Å². The van der Waals surface area contributed by atoms with Gasteiger partial charge in [0.1, 0.15) is 17.2 Å². The van der Waals surface area contributed by atoms with Crippen LogP contribution in [0.25, 0.3) is 0 Å². The van der Waals surface area contributed by atoms with E-state index in [9.17, 15) is 13.6 Å². The highest BCUT2D eigenvalue weighted by molar-refractivity contribution is 5.89. The first-order chi connectivity index (χ1) is 13.5. The lowest BCUT2D eigenvalue weighted by molar-refractivity contribution is -0.145. The Hall–Kier alpha value is -1.73. The first-order valence-corrected chi connectivity index (χ1v) is 9.75. The molecule has 0 saturated carbocycles. The number of carbonyl (C=O) groups is 1. The van der Waals surface area contributed by atoms with Gasteiger partial charge in [-0.05, 0) is 41.7 Å². The molecule has 1 N–H and O–H groups in total. The van der Waals surface area contributed by atoms with Gasteiger partial charge in [0.05, 0.1) is 0 Å². The van der Waals surface area contributed by atoms with Crippen LogP contribution in [-0.2, 0) is 23.3 Å². The normalized spacial score (nSPS) is 20.6. The summed E-state index contributed by atoms with van der Waals surface area (Å²) in [6, 6.07) is 11.6. The van der Waals surface area contributed by atoms with Crippen LogP contribution in [0, 0.1) is 11.6 Å². The molecule has 2 aliphatic rings. The van der Waals surface area contributed by atoms with Gasteiger partial charge in [-0.25, -0.2) is 8.78 Å². The molecule has 0 aromatic heterocycles. The molecule has 1 fully saturated rings. The summed E-state index contributed by atoms with van der Waals surface area (Å²) < 4.78 is 27.2. The summed E-state index contributed by atoms with van der Waals surface area (Å²) in [5.41, 5.74) is 2.02. The molecular formula is C22H27Cl2F2N3O. The molecule has 8 heteroatoms. The van der Waals surface area contributed by atoms with Gasteiger partial charge in [-0.1, -0.05) is 24.3 Å². The fraction of sp³-hybridized carbons (Fsp3) is 0.409. The van der Waals surface area contributed by atoms with Crippen LogP contribution in [0.15, 0.2) is 42.5 Å². The van der Waals surface area contributed by atoms with Crippen LogP contribution in [0.4, 0.5) is 8.78 Å². The maximum atomic E-state index is 13.8. The van der Waals surface area contributed by atoms with Gasteiger partial charge in [-0.15, -0.1) is 24.8 Å². The lowest BCUT2D eigenvalue weighted by Crippen LogP contribution is -2.60. The summed E-state index contributed by atoms with van der Waals surface area (Å²) in [5.74, 6) is -1.26. The second-order valence-electron chi connectivity index (χ2n) is 7.69. The van der Waals surface area contributed by atoms with Gasteiger partial charge in [-0.2, -0.15) is 0 Å². The number of halogens is 4. The van der Waals surface area contributed by atoms with Crippen molar-refractivity contribution < 1.29 is 13.6 Å². The Bertz CT molecular complexity index is 872. The van der Waals surface area contributed by atoms with Crippen LogP contribution in [0.3, 0.4) is 0 Å². The average Bonchev–Trinajstić information content (AvgIpc) is 3.08. The van der Waals surface area contributed by atoms with Crippen molar-refractivity contribution in [1.29, 1.82) is 0 Å². The number of hydrogen-bond acceptors (Lipinski definition) is 3. The number of likely N-dealkylation sites (N-methyl/N-ethyl adjacent to an activating group) is 1. The Balaban J connectivity index is 0.00000160. The predicted octanol–water partition coefficient (Wildman–Crippen LogP) is 3.51. The lowest BCUT2D eigenvalue weighted by Gasteiger charge is -2.44. The third kappa shape index (κ3) is 4.47. The minimum atomic E-state index is -0.709. The van der Waals surface area contributed by atoms with Crippen LogP contribution in [-0.4, -0.2) is 48.9 Å². The van der Waals surface area contributed by atoms with E-state index in [1.165, 1.54) is 17.7 Å². The Labute approximate surface area is 188 Å². The van der Waals surface area contributed by atoms with Gasteiger partial charge < -0.3 is 10.2 Å². The number of benzene rings is 2. The Morgan fingerprint density at radius 3 is 2.40 bits per heavy atom. The fourth-order valence-electron chi connectivity index (χ4n) is 4.69. The molecule has 4 nitrogen and oxygen atoms in total. The number of carbonyl (C=O) groups excluding carboxylic acids is 1. The Morgan fingerprint density at radius 2 is 1.73 bits per heavy atom. The summed E-state index contributed by atoms with van der Waals surface area (Å²) >= 11 is 0. The highest BCUT2D eigenvalue weighted by atomic mass is 35.5. The fourth-order valence-corrected chi connectivity index (χ4v) is 4.69. The topological polar surface area (TPSA) is 35.6 Å². The Morgan fingerprint density at radius 1 is 1.10 bits per heavy atom. The molecule has 1 atom stereocenters.